The van der Waals surface area contributed by atoms with Gasteiger partial charge in [0.25, 0.3) is 5.91 Å². The van der Waals surface area contributed by atoms with Crippen LogP contribution in [0.15, 0.2) is 36.5 Å². The monoisotopic (exact) mass is 743 g/mol. The van der Waals surface area contributed by atoms with E-state index in [1.165, 1.54) is 34.2 Å². The number of anilines is 1. The molecule has 4 N–H and O–H groups in total. The summed E-state index contributed by atoms with van der Waals surface area (Å²) in [5.74, 6) is -5.97. The van der Waals surface area contributed by atoms with Crippen LogP contribution in [-0.2, 0) is 19.1 Å². The molecule has 1 aromatic heterocycles. The maximum absolute atomic E-state index is 14.8. The molecule has 0 bridgehead atoms. The number of halogens is 5. The summed E-state index contributed by atoms with van der Waals surface area (Å²) in [7, 11) is 0. The highest BCUT2D eigenvalue weighted by atomic mass is 35.5. The quantitative estimate of drug-likeness (QED) is 0.239. The van der Waals surface area contributed by atoms with Crippen molar-refractivity contribution in [3.63, 3.8) is 0 Å². The topological polar surface area (TPSA) is 171 Å². The van der Waals surface area contributed by atoms with Gasteiger partial charge in [0, 0.05) is 34.4 Å². The van der Waals surface area contributed by atoms with Gasteiger partial charge in [-0.25, -0.2) is 17.9 Å². The number of hydrogen-bond donors (Lipinski definition) is 4. The molecule has 2 amide bonds. The maximum Gasteiger partial charge on any atom is 0.259 e. The van der Waals surface area contributed by atoms with Crippen molar-refractivity contribution >= 4 is 40.7 Å². The number of benzene rings is 2. The minimum absolute atomic E-state index is 0.0600. The number of rotatable bonds is 9. The molecule has 3 heterocycles. The predicted molar refractivity (Wildman–Crippen MR) is 171 cm³/mol. The summed E-state index contributed by atoms with van der Waals surface area (Å²) in [6, 6.07) is 3.63. The second-order valence-corrected chi connectivity index (χ2v) is 13.5. The third-order valence-corrected chi connectivity index (χ3v) is 9.65. The molecule has 0 radical (unpaired) electrons. The Hall–Kier alpha value is -3.35. The van der Waals surface area contributed by atoms with Gasteiger partial charge in [-0.05, 0) is 43.2 Å². The molecule has 13 nitrogen and oxygen atoms in total. The predicted octanol–water partition coefficient (Wildman–Crippen LogP) is 2.26. The molecule has 50 heavy (non-hydrogen) atoms. The third kappa shape index (κ3) is 7.34. The Labute approximate surface area is 293 Å². The van der Waals surface area contributed by atoms with Gasteiger partial charge in [-0.1, -0.05) is 41.3 Å². The Morgan fingerprint density at radius 1 is 1.00 bits per heavy atom. The Kier molecular flexibility index (Phi) is 11.0. The first kappa shape index (κ1) is 36.4. The van der Waals surface area contributed by atoms with Crippen LogP contribution in [-0.4, -0.2) is 121 Å². The Morgan fingerprint density at radius 2 is 1.66 bits per heavy atom. The summed E-state index contributed by atoms with van der Waals surface area (Å²) in [6.45, 7) is -1.30. The van der Waals surface area contributed by atoms with Crippen LogP contribution < -0.4 is 4.90 Å². The molecule has 7 atom stereocenters. The average molecular weight is 745 g/mol. The number of nitrogens with zero attached hydrogens (tertiary/aromatic N) is 5. The molecule has 2 saturated heterocycles. The van der Waals surface area contributed by atoms with Crippen molar-refractivity contribution in [1.29, 1.82) is 0 Å². The number of aromatic nitrogens is 3. The van der Waals surface area contributed by atoms with Gasteiger partial charge in [0.15, 0.2) is 23.6 Å². The molecule has 18 heteroatoms. The van der Waals surface area contributed by atoms with Crippen LogP contribution in [0.25, 0.3) is 11.3 Å². The van der Waals surface area contributed by atoms with Crippen molar-refractivity contribution in [2.45, 2.75) is 74.4 Å². The minimum Gasteiger partial charge on any atom is -0.394 e. The lowest BCUT2D eigenvalue weighted by Gasteiger charge is -2.46. The highest BCUT2D eigenvalue weighted by Gasteiger charge is 2.53. The number of amides is 2. The highest BCUT2D eigenvalue weighted by molar-refractivity contribution is 6.35. The lowest BCUT2D eigenvalue weighted by Crippen LogP contribution is -2.64. The zero-order valence-electron chi connectivity index (χ0n) is 26.3. The lowest BCUT2D eigenvalue weighted by molar-refractivity contribution is -0.218. The summed E-state index contributed by atoms with van der Waals surface area (Å²) >= 11 is 12.7. The first-order chi connectivity index (χ1) is 23.9. The van der Waals surface area contributed by atoms with Crippen LogP contribution in [0, 0.1) is 17.5 Å². The van der Waals surface area contributed by atoms with Gasteiger partial charge >= 0.3 is 0 Å². The SMILES string of the molecule is O=C(COC1C(C(=O)N(c2cc(Cl)cc(Cl)c2)[C@H]2CCCC[C@@H]2O)OC(CO)C(O)C1n1cc(-c2cc(F)c(F)c(F)c2)nn1)N1CC(O)C1. The van der Waals surface area contributed by atoms with Gasteiger partial charge in [0.05, 0.1) is 31.1 Å². The molecule has 3 aliphatic rings. The van der Waals surface area contributed by atoms with Crippen LogP contribution in [0.4, 0.5) is 18.9 Å². The number of aliphatic hydroxyl groups is 4. The molecule has 5 unspecified atom stereocenters. The number of likely N-dealkylation sites (tertiary alicyclic amines) is 1. The van der Waals surface area contributed by atoms with E-state index in [0.29, 0.717) is 37.8 Å². The molecule has 2 aromatic carbocycles. The molecule has 2 aliphatic heterocycles. The van der Waals surface area contributed by atoms with Gasteiger partial charge in [0.2, 0.25) is 5.91 Å². The zero-order valence-corrected chi connectivity index (χ0v) is 27.8. The van der Waals surface area contributed by atoms with Crippen LogP contribution in [0.1, 0.15) is 31.7 Å². The zero-order chi connectivity index (χ0) is 35.9. The number of carbonyl (C=O) groups is 2. The third-order valence-electron chi connectivity index (χ3n) is 9.21. The van der Waals surface area contributed by atoms with Crippen molar-refractivity contribution in [3.05, 3.63) is 64.0 Å². The van der Waals surface area contributed by atoms with E-state index in [-0.39, 0.29) is 40.1 Å². The Morgan fingerprint density at radius 3 is 2.28 bits per heavy atom. The number of aliphatic hydroxyl groups excluding tert-OH is 4. The van der Waals surface area contributed by atoms with Gasteiger partial charge in [-0.2, -0.15) is 0 Å². The fourth-order valence-electron chi connectivity index (χ4n) is 6.65. The standard InChI is InChI=1S/C32H34Cl2F3N5O8/c33-16-7-17(34)9-18(8-16)42(23-3-1-2-4-24(23)45)32(48)31-30(49-14-26(46)40-10-19(44)11-40)28(29(47)25(13-43)50-31)41-12-22(38-39-41)15-5-20(35)27(37)21(36)6-15/h5-9,12,19,23-25,28-31,43-45,47H,1-4,10-11,13-14H2/t23-,24-,25?,28?,29?,30?,31?/m0/s1. The maximum atomic E-state index is 14.8. The van der Waals surface area contributed by atoms with Crippen molar-refractivity contribution in [1.82, 2.24) is 19.9 Å². The molecule has 1 aliphatic carbocycles. The number of ether oxygens (including phenoxy) is 2. The molecule has 6 rings (SSSR count). The van der Waals surface area contributed by atoms with Gasteiger partial charge in [0.1, 0.15) is 36.7 Å². The fourth-order valence-corrected chi connectivity index (χ4v) is 7.16. The summed E-state index contributed by atoms with van der Waals surface area (Å²) in [4.78, 5) is 30.4. The average Bonchev–Trinajstić information content (AvgIpc) is 3.55. The largest absolute Gasteiger partial charge is 0.394 e. The molecule has 0 spiro atoms. The first-order valence-electron chi connectivity index (χ1n) is 15.9. The van der Waals surface area contributed by atoms with Crippen LogP contribution in [0.3, 0.4) is 0 Å². The Balaban J connectivity index is 1.42. The van der Waals surface area contributed by atoms with E-state index in [9.17, 15) is 43.2 Å². The van der Waals surface area contributed by atoms with Gasteiger partial charge in [-0.3, -0.25) is 9.59 Å². The summed E-state index contributed by atoms with van der Waals surface area (Å²) in [5, 5.41) is 50.9. The fraction of sp³-hybridized carbons (Fsp3) is 0.500. The molecule has 1 saturated carbocycles. The molecular formula is C32H34Cl2F3N5O8. The van der Waals surface area contributed by atoms with Gasteiger partial charge < -0.3 is 39.7 Å². The first-order valence-corrected chi connectivity index (χ1v) is 16.7. The number of carbonyl (C=O) groups excluding carboxylic acids is 2. The molecule has 3 aromatic rings. The van der Waals surface area contributed by atoms with Crippen molar-refractivity contribution in [3.8, 4) is 11.3 Å². The van der Waals surface area contributed by atoms with Crippen molar-refractivity contribution in [2.75, 3.05) is 31.2 Å². The second kappa shape index (κ2) is 15.1. The van der Waals surface area contributed by atoms with Gasteiger partial charge in [-0.15, -0.1) is 5.10 Å². The van der Waals surface area contributed by atoms with E-state index in [1.54, 1.807) is 0 Å². The van der Waals surface area contributed by atoms with Crippen LogP contribution in [0.2, 0.25) is 10.0 Å². The number of β-amino-alcohol motifs (C(OH)–C–C–N with tert-alkyl or cyclic N) is 1. The smallest absolute Gasteiger partial charge is 0.259 e. The lowest BCUT2D eigenvalue weighted by atomic mass is 9.88. The van der Waals surface area contributed by atoms with E-state index in [4.69, 9.17) is 32.7 Å². The minimum atomic E-state index is -1.69. The van der Waals surface area contributed by atoms with Crippen LogP contribution in [0.5, 0.6) is 0 Å². The van der Waals surface area contributed by atoms with E-state index in [0.717, 1.165) is 4.68 Å². The van der Waals surface area contributed by atoms with Crippen molar-refractivity contribution < 1.29 is 52.7 Å². The number of hydrogen-bond acceptors (Lipinski definition) is 10. The van der Waals surface area contributed by atoms with E-state index < -0.39 is 91.2 Å². The van der Waals surface area contributed by atoms with E-state index in [2.05, 4.69) is 10.3 Å². The van der Waals surface area contributed by atoms with E-state index in [1.807, 2.05) is 0 Å². The molecule has 3 fully saturated rings. The summed E-state index contributed by atoms with van der Waals surface area (Å²) in [5.41, 5.74) is -0.118. The normalized spacial score (nSPS) is 27.2. The Bertz CT molecular complexity index is 1690. The molecule has 270 valence electrons. The second-order valence-electron chi connectivity index (χ2n) is 12.6. The van der Waals surface area contributed by atoms with E-state index >= 15 is 0 Å². The summed E-state index contributed by atoms with van der Waals surface area (Å²) in [6.07, 6.45) is -4.62. The van der Waals surface area contributed by atoms with Crippen molar-refractivity contribution in [2.24, 2.45) is 0 Å². The van der Waals surface area contributed by atoms with Crippen LogP contribution >= 0.6 is 23.2 Å². The highest BCUT2D eigenvalue weighted by Crippen LogP contribution is 2.38. The molecular weight excluding hydrogens is 710 g/mol. The summed E-state index contributed by atoms with van der Waals surface area (Å²) < 4.78 is 55.0.